The van der Waals surface area contributed by atoms with Crippen molar-refractivity contribution in [2.45, 2.75) is 26.1 Å². The molecule has 3 aliphatic rings. The number of amides is 1. The molecule has 0 aliphatic carbocycles. The van der Waals surface area contributed by atoms with E-state index in [0.29, 0.717) is 92.8 Å². The average molecular weight is 829 g/mol. The fraction of sp³-hybridized carbons (Fsp3) is 0.212. The van der Waals surface area contributed by atoms with Crippen molar-refractivity contribution >= 4 is 102 Å². The Morgan fingerprint density at radius 1 is 0.827 bits per heavy atom. The number of ether oxygens (including phenoxy) is 1. The summed E-state index contributed by atoms with van der Waals surface area (Å²) in [4.78, 5) is 66.2. The molecule has 1 fully saturated rings. The largest absolute Gasteiger partial charge is 0.477 e. The number of aliphatic imine (C=N–C) groups is 2. The lowest BCUT2D eigenvalue weighted by Gasteiger charge is -2.33. The number of aromatic nitrogens is 8. The van der Waals surface area contributed by atoms with Gasteiger partial charge in [0.05, 0.1) is 52.1 Å². The first-order valence-electron chi connectivity index (χ1n) is 15.9. The zero-order chi connectivity index (χ0) is 35.9. The Kier molecular flexibility index (Phi) is 8.89. The van der Waals surface area contributed by atoms with Gasteiger partial charge >= 0.3 is 5.97 Å². The van der Waals surface area contributed by atoms with Crippen molar-refractivity contribution < 1.29 is 19.4 Å². The first kappa shape index (κ1) is 33.5. The minimum absolute atomic E-state index is 0.00974. The topological polar surface area (TPSA) is 225 Å². The number of pyridine rings is 2. The van der Waals surface area contributed by atoms with Crippen molar-refractivity contribution in [1.82, 2.24) is 44.8 Å². The quantitative estimate of drug-likeness (QED) is 0.147. The number of fused-ring (bicyclic) bond motifs is 4. The second-order valence-corrected chi connectivity index (χ2v) is 13.6. The van der Waals surface area contributed by atoms with Crippen molar-refractivity contribution in [3.63, 3.8) is 0 Å². The Hall–Kier alpha value is -5.66. The van der Waals surface area contributed by atoms with Crippen LogP contribution >= 0.6 is 31.9 Å². The molecule has 1 saturated heterocycles. The van der Waals surface area contributed by atoms with Crippen LogP contribution in [-0.4, -0.2) is 100.0 Å². The highest BCUT2D eigenvalue weighted by molar-refractivity contribution is 9.11. The molecule has 1 atom stereocenters. The SMILES string of the molecule is C[C@@H]1COCCN1C(=O)c1[nH]c2ncnc(Nc3cc4c(cn3)CN=C4)c2c1Br.O=C(O)c1[nH]c2ncnc(Nc3cc4c(cn3)CN=C4)c2c1Br. The van der Waals surface area contributed by atoms with E-state index in [9.17, 15) is 14.7 Å². The first-order valence-corrected chi connectivity index (χ1v) is 17.5. The van der Waals surface area contributed by atoms with Crippen LogP contribution in [0.2, 0.25) is 0 Å². The summed E-state index contributed by atoms with van der Waals surface area (Å²) in [6, 6.07) is 3.82. The number of rotatable bonds is 6. The van der Waals surface area contributed by atoms with E-state index < -0.39 is 5.97 Å². The number of hydrogen-bond acceptors (Lipinski definition) is 13. The number of halogens is 2. The highest BCUT2D eigenvalue weighted by Gasteiger charge is 2.29. The number of carboxylic acid groups (broad SMARTS) is 1. The van der Waals surface area contributed by atoms with Gasteiger partial charge in [0, 0.05) is 53.6 Å². The molecule has 0 spiro atoms. The molecule has 0 aromatic carbocycles. The lowest BCUT2D eigenvalue weighted by atomic mass is 10.2. The smallest absolute Gasteiger partial charge is 0.353 e. The van der Waals surface area contributed by atoms with Gasteiger partial charge in [-0.05, 0) is 50.9 Å². The maximum atomic E-state index is 13.1. The monoisotopic (exact) mass is 827 g/mol. The number of H-pyrrole nitrogens is 2. The molecule has 0 saturated carbocycles. The van der Waals surface area contributed by atoms with Gasteiger partial charge in [-0.3, -0.25) is 14.8 Å². The van der Waals surface area contributed by atoms with Crippen LogP contribution in [0.25, 0.3) is 22.1 Å². The van der Waals surface area contributed by atoms with E-state index in [0.717, 1.165) is 22.3 Å². The van der Waals surface area contributed by atoms with Gasteiger partial charge in [0.2, 0.25) is 0 Å². The molecule has 0 unspecified atom stereocenters. The molecule has 9 heterocycles. The molecular formula is C33H27Br2N13O4. The van der Waals surface area contributed by atoms with Crippen molar-refractivity contribution in [3.05, 3.63) is 79.8 Å². The zero-order valence-corrected chi connectivity index (χ0v) is 30.4. The summed E-state index contributed by atoms with van der Waals surface area (Å²) in [6.45, 7) is 4.90. The van der Waals surface area contributed by atoms with E-state index in [-0.39, 0.29) is 17.6 Å². The third-order valence-electron chi connectivity index (χ3n) is 8.64. The third-order valence-corrected chi connectivity index (χ3v) is 10.2. The Morgan fingerprint density at radius 2 is 1.37 bits per heavy atom. The van der Waals surface area contributed by atoms with Gasteiger partial charge in [-0.15, -0.1) is 0 Å². The summed E-state index contributed by atoms with van der Waals surface area (Å²) in [6.07, 6.45) is 10.0. The van der Waals surface area contributed by atoms with E-state index in [1.54, 1.807) is 17.3 Å². The fourth-order valence-corrected chi connectivity index (χ4v) is 7.29. The maximum Gasteiger partial charge on any atom is 0.353 e. The van der Waals surface area contributed by atoms with Crippen LogP contribution in [0.4, 0.5) is 23.3 Å². The van der Waals surface area contributed by atoms with Crippen molar-refractivity contribution in [2.24, 2.45) is 9.98 Å². The van der Waals surface area contributed by atoms with Gasteiger partial charge in [-0.2, -0.15) is 0 Å². The van der Waals surface area contributed by atoms with E-state index >= 15 is 0 Å². The van der Waals surface area contributed by atoms with Gasteiger partial charge in [-0.25, -0.2) is 34.7 Å². The number of carbonyl (C=O) groups is 2. The van der Waals surface area contributed by atoms with Gasteiger partial charge in [0.1, 0.15) is 58.6 Å². The minimum atomic E-state index is -1.08. The van der Waals surface area contributed by atoms with Crippen LogP contribution in [0, 0.1) is 0 Å². The first-order chi connectivity index (χ1) is 25.2. The Labute approximate surface area is 310 Å². The number of carboxylic acids is 1. The molecule has 17 nitrogen and oxygen atoms in total. The third kappa shape index (κ3) is 6.26. The summed E-state index contributed by atoms with van der Waals surface area (Å²) in [5, 5.41) is 16.8. The van der Waals surface area contributed by atoms with Crippen LogP contribution in [-0.2, 0) is 17.8 Å². The zero-order valence-electron chi connectivity index (χ0n) is 27.2. The van der Waals surface area contributed by atoms with Crippen molar-refractivity contribution in [1.29, 1.82) is 0 Å². The molecule has 3 aliphatic heterocycles. The predicted octanol–water partition coefficient (Wildman–Crippen LogP) is 5.14. The van der Waals surface area contributed by atoms with Gasteiger partial charge in [-0.1, -0.05) is 0 Å². The number of carbonyl (C=O) groups excluding carboxylic acids is 1. The average Bonchev–Trinajstić information content (AvgIpc) is 3.94. The van der Waals surface area contributed by atoms with Gasteiger partial charge in [0.15, 0.2) is 0 Å². The van der Waals surface area contributed by atoms with Crippen LogP contribution in [0.1, 0.15) is 50.2 Å². The highest BCUT2D eigenvalue weighted by Crippen LogP contribution is 2.35. The Balaban J connectivity index is 0.000000153. The van der Waals surface area contributed by atoms with E-state index in [4.69, 9.17) is 4.74 Å². The summed E-state index contributed by atoms with van der Waals surface area (Å²) >= 11 is 6.87. The second-order valence-electron chi connectivity index (χ2n) is 12.0. The van der Waals surface area contributed by atoms with Gasteiger partial charge < -0.3 is 35.3 Å². The summed E-state index contributed by atoms with van der Waals surface area (Å²) < 4.78 is 6.46. The highest BCUT2D eigenvalue weighted by atomic mass is 79.9. The number of aromatic amines is 2. The molecule has 1 amide bonds. The Bertz CT molecular complexity index is 2460. The molecule has 6 aromatic rings. The van der Waals surface area contributed by atoms with E-state index in [1.807, 2.05) is 31.5 Å². The Morgan fingerprint density at radius 3 is 1.90 bits per heavy atom. The van der Waals surface area contributed by atoms with Crippen molar-refractivity contribution in [3.8, 4) is 0 Å². The molecule has 6 aromatic heterocycles. The number of morpholine rings is 1. The normalized spacial score (nSPS) is 15.8. The maximum absolute atomic E-state index is 13.1. The molecule has 19 heteroatoms. The van der Waals surface area contributed by atoms with Crippen molar-refractivity contribution in [2.75, 3.05) is 30.4 Å². The lowest BCUT2D eigenvalue weighted by Crippen LogP contribution is -2.47. The molecule has 0 radical (unpaired) electrons. The van der Waals surface area contributed by atoms with E-state index in [2.05, 4.69) is 92.4 Å². The molecule has 262 valence electrons. The van der Waals surface area contributed by atoms with Gasteiger partial charge in [0.25, 0.3) is 5.91 Å². The van der Waals surface area contributed by atoms with Crippen LogP contribution in [0.15, 0.2) is 56.1 Å². The van der Waals surface area contributed by atoms with Crippen LogP contribution < -0.4 is 10.6 Å². The summed E-state index contributed by atoms with van der Waals surface area (Å²) in [5.74, 6) is 1.11. The lowest BCUT2D eigenvalue weighted by molar-refractivity contribution is 0.00327. The summed E-state index contributed by atoms with van der Waals surface area (Å²) in [7, 11) is 0. The second kappa shape index (κ2) is 13.8. The number of aromatic carboxylic acids is 1. The molecule has 52 heavy (non-hydrogen) atoms. The molecule has 5 N–H and O–H groups in total. The molecule has 9 rings (SSSR count). The fourth-order valence-electron chi connectivity index (χ4n) is 6.00. The number of nitrogens with one attached hydrogen (secondary N) is 4. The molecular weight excluding hydrogens is 802 g/mol. The molecule has 0 bridgehead atoms. The van der Waals surface area contributed by atoms with Crippen LogP contribution in [0.3, 0.4) is 0 Å². The predicted molar refractivity (Wildman–Crippen MR) is 199 cm³/mol. The van der Waals surface area contributed by atoms with E-state index in [1.165, 1.54) is 12.7 Å². The van der Waals surface area contributed by atoms with Crippen LogP contribution in [0.5, 0.6) is 0 Å². The number of anilines is 4. The standard InChI is InChI=1S/C19H18BrN7O2.C14H9BrN6O2/c1-10-8-29-3-2-27(10)19(28)16-15(20)14-17(23-9-24-18(14)26-16)25-13-4-11-5-21-6-12(11)7-22-13;15-10-9-12(18-5-19-13(9)21-11(10)14(22)23)20-8-1-6-2-16-3-7(6)4-17-8/h4-5,7,9-10H,2-3,6,8H2,1H3,(H2,22,23,24,25,26);1-2,4-5H,3H2,(H,22,23)(H2,17,18,19,20,21)/t10-;/m1./s1. The number of hydrogen-bond donors (Lipinski definition) is 5. The summed E-state index contributed by atoms with van der Waals surface area (Å²) in [5.41, 5.74) is 5.68. The minimum Gasteiger partial charge on any atom is -0.477 e. The number of nitrogens with zero attached hydrogens (tertiary/aromatic N) is 9.